The first-order valence-corrected chi connectivity index (χ1v) is 11.5. The molecule has 0 amide bonds. The average molecular weight is 390 g/mol. The summed E-state index contributed by atoms with van der Waals surface area (Å²) >= 11 is 0. The Labute approximate surface area is 176 Å². The zero-order valence-electron chi connectivity index (χ0n) is 17.9. The number of hydrogen-bond donors (Lipinski definition) is 1. The molecule has 2 nitrogen and oxygen atoms in total. The van der Waals surface area contributed by atoms with E-state index >= 15 is 0 Å². The van der Waals surface area contributed by atoms with Crippen LogP contribution in [0, 0.1) is 16.7 Å². The molecule has 0 saturated heterocycles. The van der Waals surface area contributed by atoms with Gasteiger partial charge < -0.3 is 5.11 Å². The number of nitriles is 1. The van der Waals surface area contributed by atoms with E-state index in [9.17, 15) is 10.4 Å². The summed E-state index contributed by atoms with van der Waals surface area (Å²) < 4.78 is 0. The Morgan fingerprint density at radius 2 is 1.41 bits per heavy atom. The summed E-state index contributed by atoms with van der Waals surface area (Å²) in [4.78, 5) is 0. The summed E-state index contributed by atoms with van der Waals surface area (Å²) in [5, 5.41) is 19.3. The van der Waals surface area contributed by atoms with Crippen LogP contribution in [-0.2, 0) is 0 Å². The largest absolute Gasteiger partial charge is 0.508 e. The van der Waals surface area contributed by atoms with Gasteiger partial charge in [-0.15, -0.1) is 0 Å². The summed E-state index contributed by atoms with van der Waals surface area (Å²) in [6.45, 7) is 2.25. The predicted octanol–water partition coefficient (Wildman–Crippen LogP) is 7.98. The van der Waals surface area contributed by atoms with Crippen molar-refractivity contribution in [2.24, 2.45) is 5.41 Å². The molecule has 0 aliphatic heterocycles. The average Bonchev–Trinajstić information content (AvgIpc) is 2.77. The number of nitrogens with zero attached hydrogens (tertiary/aromatic N) is 1. The van der Waals surface area contributed by atoms with Gasteiger partial charge in [-0.3, -0.25) is 0 Å². The van der Waals surface area contributed by atoms with Crippen molar-refractivity contribution in [3.05, 3.63) is 54.1 Å². The number of phenolic OH excluding ortho intramolecular Hbond substituents is 1. The van der Waals surface area contributed by atoms with E-state index in [1.165, 1.54) is 49.7 Å². The maximum atomic E-state index is 9.85. The van der Waals surface area contributed by atoms with Crippen molar-refractivity contribution in [1.82, 2.24) is 0 Å². The van der Waals surface area contributed by atoms with E-state index in [1.54, 1.807) is 12.1 Å². The van der Waals surface area contributed by atoms with Crippen LogP contribution in [0.4, 0.5) is 0 Å². The molecule has 1 aliphatic carbocycles. The molecule has 0 unspecified atom stereocenters. The van der Waals surface area contributed by atoms with Crippen LogP contribution in [0.3, 0.4) is 0 Å². The molecular weight excluding hydrogens is 354 g/mol. The van der Waals surface area contributed by atoms with Crippen LogP contribution >= 0.6 is 0 Å². The second-order valence-electron chi connectivity index (χ2n) is 8.85. The first kappa shape index (κ1) is 21.4. The van der Waals surface area contributed by atoms with Gasteiger partial charge in [-0.05, 0) is 66.8 Å². The minimum atomic E-state index is -0.0762. The topological polar surface area (TPSA) is 44.0 Å². The Bertz CT molecular complexity index is 777. The molecular formula is C27H35NO. The summed E-state index contributed by atoms with van der Waals surface area (Å²) in [5.74, 6) is 0.879. The molecule has 2 aromatic rings. The van der Waals surface area contributed by atoms with E-state index in [-0.39, 0.29) is 5.41 Å². The predicted molar refractivity (Wildman–Crippen MR) is 121 cm³/mol. The van der Waals surface area contributed by atoms with Crippen LogP contribution in [0.5, 0.6) is 5.75 Å². The highest BCUT2D eigenvalue weighted by molar-refractivity contribution is 5.64. The van der Waals surface area contributed by atoms with Crippen molar-refractivity contribution in [2.75, 3.05) is 0 Å². The third-order valence-electron chi connectivity index (χ3n) is 6.77. The van der Waals surface area contributed by atoms with E-state index in [2.05, 4.69) is 37.3 Å². The maximum Gasteiger partial charge on any atom is 0.115 e. The van der Waals surface area contributed by atoms with Gasteiger partial charge in [-0.1, -0.05) is 81.8 Å². The fourth-order valence-corrected chi connectivity index (χ4v) is 4.77. The molecule has 0 heterocycles. The van der Waals surface area contributed by atoms with E-state index in [0.717, 1.165) is 37.7 Å². The lowest BCUT2D eigenvalue weighted by atomic mass is 9.67. The molecule has 29 heavy (non-hydrogen) atoms. The van der Waals surface area contributed by atoms with Crippen molar-refractivity contribution in [1.29, 1.82) is 5.26 Å². The highest BCUT2D eigenvalue weighted by Crippen LogP contribution is 2.45. The Morgan fingerprint density at radius 3 is 2.00 bits per heavy atom. The van der Waals surface area contributed by atoms with Crippen molar-refractivity contribution >= 4 is 0 Å². The molecule has 0 bridgehead atoms. The second kappa shape index (κ2) is 10.5. The first-order chi connectivity index (χ1) is 14.2. The Balaban J connectivity index is 1.51. The van der Waals surface area contributed by atoms with Gasteiger partial charge in [0.15, 0.2) is 0 Å². The van der Waals surface area contributed by atoms with Gasteiger partial charge in [0.05, 0.1) is 11.5 Å². The number of phenols is 1. The number of hydrogen-bond acceptors (Lipinski definition) is 2. The quantitative estimate of drug-likeness (QED) is 0.442. The van der Waals surface area contributed by atoms with Gasteiger partial charge in [0.25, 0.3) is 0 Å². The van der Waals surface area contributed by atoms with Gasteiger partial charge in [0, 0.05) is 0 Å². The molecule has 0 spiro atoms. The normalized spacial score (nSPS) is 21.6. The van der Waals surface area contributed by atoms with Gasteiger partial charge in [0.1, 0.15) is 5.75 Å². The third kappa shape index (κ3) is 5.86. The molecule has 1 aliphatic rings. The molecule has 1 fully saturated rings. The van der Waals surface area contributed by atoms with Crippen molar-refractivity contribution in [3.63, 3.8) is 0 Å². The smallest absolute Gasteiger partial charge is 0.115 e. The van der Waals surface area contributed by atoms with Gasteiger partial charge in [-0.2, -0.15) is 5.26 Å². The lowest BCUT2D eigenvalue weighted by Crippen LogP contribution is -2.25. The van der Waals surface area contributed by atoms with E-state index in [1.807, 2.05) is 12.1 Å². The molecule has 0 radical (unpaired) electrons. The van der Waals surface area contributed by atoms with Crippen LogP contribution in [-0.4, -0.2) is 5.11 Å². The molecule has 3 rings (SSSR count). The second-order valence-corrected chi connectivity index (χ2v) is 8.85. The van der Waals surface area contributed by atoms with E-state index < -0.39 is 0 Å². The van der Waals surface area contributed by atoms with Crippen molar-refractivity contribution in [2.45, 2.75) is 83.5 Å². The zero-order valence-corrected chi connectivity index (χ0v) is 17.9. The summed E-state index contributed by atoms with van der Waals surface area (Å²) in [5.41, 5.74) is 3.63. The van der Waals surface area contributed by atoms with Crippen molar-refractivity contribution in [3.8, 4) is 22.9 Å². The highest BCUT2D eigenvalue weighted by Gasteiger charge is 2.35. The minimum absolute atomic E-state index is 0.0762. The van der Waals surface area contributed by atoms with Crippen LogP contribution in [0.25, 0.3) is 11.1 Å². The molecule has 2 heteroatoms. The number of unbranched alkanes of at least 4 members (excludes halogenated alkanes) is 5. The van der Waals surface area contributed by atoms with Crippen LogP contribution in [0.2, 0.25) is 0 Å². The van der Waals surface area contributed by atoms with Crippen molar-refractivity contribution < 1.29 is 5.11 Å². The minimum Gasteiger partial charge on any atom is -0.508 e. The summed E-state index contributed by atoms with van der Waals surface area (Å²) in [7, 11) is 0. The molecule has 1 saturated carbocycles. The first-order valence-electron chi connectivity index (χ1n) is 11.5. The number of aromatic hydroxyl groups is 1. The maximum absolute atomic E-state index is 9.85. The van der Waals surface area contributed by atoms with Crippen LogP contribution in [0.1, 0.15) is 89.0 Å². The molecule has 1 N–H and O–H groups in total. The lowest BCUT2D eigenvalue weighted by molar-refractivity contribution is 0.223. The summed E-state index contributed by atoms with van der Waals surface area (Å²) in [6.07, 6.45) is 13.2. The zero-order chi connectivity index (χ0) is 20.5. The standard InChI is InChI=1S/C27H35NO/c1-2-3-4-5-6-7-18-27(21-28)19-16-25(17-20-27)23-10-8-22(9-11-23)24-12-14-26(29)15-13-24/h8-15,25,29H,2-7,16-20H2,1H3/t25-,27+. The lowest BCUT2D eigenvalue weighted by Gasteiger charge is -2.35. The number of benzene rings is 2. The molecule has 0 aromatic heterocycles. The van der Waals surface area contributed by atoms with Gasteiger partial charge in [-0.25, -0.2) is 0 Å². The van der Waals surface area contributed by atoms with Gasteiger partial charge in [0.2, 0.25) is 0 Å². The van der Waals surface area contributed by atoms with E-state index in [0.29, 0.717) is 11.7 Å². The molecule has 0 atom stereocenters. The Kier molecular flexibility index (Phi) is 7.76. The van der Waals surface area contributed by atoms with Crippen LogP contribution in [0.15, 0.2) is 48.5 Å². The Morgan fingerprint density at radius 1 is 0.862 bits per heavy atom. The monoisotopic (exact) mass is 389 g/mol. The highest BCUT2D eigenvalue weighted by atomic mass is 16.3. The summed E-state index contributed by atoms with van der Waals surface area (Å²) in [6, 6.07) is 18.9. The fourth-order valence-electron chi connectivity index (χ4n) is 4.77. The molecule has 154 valence electrons. The third-order valence-corrected chi connectivity index (χ3v) is 6.77. The Hall–Kier alpha value is -2.27. The van der Waals surface area contributed by atoms with Gasteiger partial charge >= 0.3 is 0 Å². The van der Waals surface area contributed by atoms with Crippen LogP contribution < -0.4 is 0 Å². The van der Waals surface area contributed by atoms with E-state index in [4.69, 9.17) is 0 Å². The molecule has 2 aromatic carbocycles. The fraction of sp³-hybridized carbons (Fsp3) is 0.519. The number of rotatable bonds is 9. The SMILES string of the molecule is CCCCCCCC[C@]1(C#N)CC[C@@H](c2ccc(-c3ccc(O)cc3)cc2)CC1.